The van der Waals surface area contributed by atoms with Crippen LogP contribution in [0.25, 0.3) is 34.2 Å². The Morgan fingerprint density at radius 3 is 1.21 bits per heavy atom. The van der Waals surface area contributed by atoms with Crippen molar-refractivity contribution in [1.29, 1.82) is 0 Å². The van der Waals surface area contributed by atoms with E-state index in [0.29, 0.717) is 57.1 Å². The second-order valence-corrected chi connectivity index (χ2v) is 20.9. The number of aryl methyl sites for hydroxylation is 2. The second kappa shape index (κ2) is 20.7. The summed E-state index contributed by atoms with van der Waals surface area (Å²) in [4.78, 5) is 8.49. The van der Waals surface area contributed by atoms with Gasteiger partial charge in [0.2, 0.25) is 0 Å². The predicted molar refractivity (Wildman–Crippen MR) is 247 cm³/mol. The highest BCUT2D eigenvalue weighted by Gasteiger charge is 2.34. The van der Waals surface area contributed by atoms with Crippen LogP contribution in [0.2, 0.25) is 0 Å². The van der Waals surface area contributed by atoms with Gasteiger partial charge in [-0.05, 0) is 98.9 Å². The summed E-state index contributed by atoms with van der Waals surface area (Å²) >= 11 is 0. The Morgan fingerprint density at radius 2 is 0.924 bits per heavy atom. The molecule has 2 aromatic carbocycles. The van der Waals surface area contributed by atoms with E-state index in [9.17, 15) is 27.0 Å². The molecule has 0 spiro atoms. The average molecular weight is 945 g/mol. The zero-order valence-corrected chi connectivity index (χ0v) is 39.5. The van der Waals surface area contributed by atoms with E-state index in [1.54, 1.807) is 70.3 Å². The molecule has 2 aliphatic carbocycles. The Balaban J connectivity index is 0.000000196. The van der Waals surface area contributed by atoms with Gasteiger partial charge >= 0.3 is 0 Å². The minimum absolute atomic E-state index is 0.0425. The van der Waals surface area contributed by atoms with Crippen molar-refractivity contribution in [3.8, 4) is 57.1 Å². The molecule has 8 rings (SSSR count). The molecule has 0 unspecified atom stereocenters. The van der Waals surface area contributed by atoms with Gasteiger partial charge in [-0.2, -0.15) is 0 Å². The number of aliphatic hydroxyl groups is 2. The van der Waals surface area contributed by atoms with Gasteiger partial charge in [0.1, 0.15) is 45.9 Å². The first-order valence-corrected chi connectivity index (χ1v) is 25.2. The minimum atomic E-state index is -3.67. The number of nitrogens with zero attached hydrogens (tertiary/aromatic N) is 8. The number of pyridine rings is 2. The maximum atomic E-state index is 13.0. The molecule has 4 heterocycles. The van der Waals surface area contributed by atoms with Crippen molar-refractivity contribution < 1.29 is 46.0 Å². The van der Waals surface area contributed by atoms with Crippen molar-refractivity contribution in [2.75, 3.05) is 39.9 Å². The summed E-state index contributed by atoms with van der Waals surface area (Å²) in [5.74, 6) is 1.84. The zero-order chi connectivity index (χ0) is 47.2. The molecule has 0 saturated heterocycles. The Kier molecular flexibility index (Phi) is 15.0. The van der Waals surface area contributed by atoms with Crippen LogP contribution in [0.1, 0.15) is 61.3 Å². The molecule has 20 heteroatoms. The minimum Gasteiger partial charge on any atom is -0.494 e. The highest BCUT2D eigenvalue weighted by atomic mass is 32.2. The molecule has 0 bridgehead atoms. The standard InChI is InChI=1S/2C23H28N4O5S/c2*1-15-10-17(12-24-11-15)23-26-25-21(14-33(29,30)13-18(28)16-6-4-7-16)27(23)22-19(31-2)8-5-9-20(22)32-3/h2*5,8-12,16,18,28H,4,6-7,13-14H2,1-3H3/t2*18-/m10/s1. The highest BCUT2D eigenvalue weighted by Crippen LogP contribution is 2.39. The fourth-order valence-corrected chi connectivity index (χ4v) is 11.1. The maximum Gasteiger partial charge on any atom is 0.170 e. The van der Waals surface area contributed by atoms with Crippen LogP contribution in [0.15, 0.2) is 73.3 Å². The molecule has 0 radical (unpaired) electrons. The summed E-state index contributed by atoms with van der Waals surface area (Å²) in [5.41, 5.74) is 4.18. The fourth-order valence-electron chi connectivity index (χ4n) is 8.08. The molecule has 2 fully saturated rings. The zero-order valence-electron chi connectivity index (χ0n) is 37.9. The van der Waals surface area contributed by atoms with Crippen LogP contribution < -0.4 is 18.9 Å². The van der Waals surface area contributed by atoms with Crippen LogP contribution in [-0.2, 0) is 31.2 Å². The van der Waals surface area contributed by atoms with Crippen molar-refractivity contribution in [1.82, 2.24) is 39.5 Å². The van der Waals surface area contributed by atoms with Gasteiger partial charge in [-0.1, -0.05) is 25.0 Å². The van der Waals surface area contributed by atoms with Gasteiger partial charge in [-0.3, -0.25) is 19.1 Å². The van der Waals surface area contributed by atoms with Crippen LogP contribution in [0, 0.1) is 25.7 Å². The van der Waals surface area contributed by atoms with Crippen molar-refractivity contribution >= 4 is 19.7 Å². The van der Waals surface area contributed by atoms with E-state index < -0.39 is 31.9 Å². The molecular weight excluding hydrogens is 889 g/mol. The summed E-state index contributed by atoms with van der Waals surface area (Å²) in [5, 5.41) is 37.9. The van der Waals surface area contributed by atoms with Gasteiger partial charge < -0.3 is 29.2 Å². The summed E-state index contributed by atoms with van der Waals surface area (Å²) < 4.78 is 77.7. The van der Waals surface area contributed by atoms with Crippen molar-refractivity contribution in [2.45, 2.75) is 76.1 Å². The Labute approximate surface area is 384 Å². The number of hydrogen-bond donors (Lipinski definition) is 2. The summed E-state index contributed by atoms with van der Waals surface area (Å²) in [6, 6.07) is 14.4. The van der Waals surface area contributed by atoms with Gasteiger partial charge in [0, 0.05) is 35.9 Å². The number of hydrogen-bond acceptors (Lipinski definition) is 16. The number of methoxy groups -OCH3 is 4. The topological polar surface area (TPSA) is 233 Å². The monoisotopic (exact) mass is 944 g/mol. The number of benzene rings is 2. The van der Waals surface area contributed by atoms with E-state index in [2.05, 4.69) is 30.4 Å². The predicted octanol–water partition coefficient (Wildman–Crippen LogP) is 5.46. The Morgan fingerprint density at radius 1 is 0.576 bits per heavy atom. The summed E-state index contributed by atoms with van der Waals surface area (Å²) in [6.45, 7) is 3.82. The van der Waals surface area contributed by atoms with Crippen molar-refractivity contribution in [3.63, 3.8) is 0 Å². The summed E-state index contributed by atoms with van der Waals surface area (Å²) in [7, 11) is -1.23. The van der Waals surface area contributed by atoms with E-state index in [-0.39, 0.29) is 46.5 Å². The number of rotatable bonds is 18. The Hall–Kier alpha value is -5.96. The summed E-state index contributed by atoms with van der Waals surface area (Å²) in [6.07, 6.45) is 10.5. The van der Waals surface area contributed by atoms with Crippen molar-refractivity contribution in [3.05, 3.63) is 96.1 Å². The molecular formula is C46H56N8O10S2. The number of sulfone groups is 2. The van der Waals surface area contributed by atoms with Crippen LogP contribution in [0.3, 0.4) is 0 Å². The molecule has 2 N–H and O–H groups in total. The van der Waals surface area contributed by atoms with Gasteiger partial charge in [0.15, 0.2) is 43.0 Å². The molecule has 0 amide bonds. The third-order valence-electron chi connectivity index (χ3n) is 11.9. The highest BCUT2D eigenvalue weighted by molar-refractivity contribution is 7.90. The van der Waals surface area contributed by atoms with Crippen LogP contribution >= 0.6 is 0 Å². The average Bonchev–Trinajstić information content (AvgIpc) is 3.84. The van der Waals surface area contributed by atoms with Gasteiger partial charge in [-0.15, -0.1) is 20.4 Å². The third kappa shape index (κ3) is 10.8. The first-order valence-electron chi connectivity index (χ1n) is 21.6. The van der Waals surface area contributed by atoms with Crippen molar-refractivity contribution in [2.24, 2.45) is 11.8 Å². The lowest BCUT2D eigenvalue weighted by atomic mass is 9.82. The van der Waals surface area contributed by atoms with Gasteiger partial charge in [0.05, 0.1) is 52.2 Å². The molecule has 2 atom stereocenters. The van der Waals surface area contributed by atoms with E-state index in [1.165, 1.54) is 28.4 Å². The molecule has 0 aliphatic heterocycles. The smallest absolute Gasteiger partial charge is 0.170 e. The van der Waals surface area contributed by atoms with E-state index in [1.807, 2.05) is 26.0 Å². The maximum absolute atomic E-state index is 13.0. The lowest BCUT2D eigenvalue weighted by Gasteiger charge is -2.30. The normalized spacial score (nSPS) is 15.2. The molecule has 352 valence electrons. The van der Waals surface area contributed by atoms with Crippen LogP contribution in [0.5, 0.6) is 23.0 Å². The first-order chi connectivity index (χ1) is 31.6. The molecule has 66 heavy (non-hydrogen) atoms. The van der Waals surface area contributed by atoms with E-state index in [4.69, 9.17) is 18.9 Å². The SMILES string of the molecule is COc1cccc(OC)c1-n1c(CS(=O)(=O)C[C@@H](O)C2CCC2)nnc1-c1cncc(C)c1.COc1cccc(OC)c1-n1c(CS(=O)(=O)C[C@H](O)C2CCC2)nnc1-c1cncc(C)c1. The molecule has 2 saturated carbocycles. The van der Waals surface area contributed by atoms with E-state index in [0.717, 1.165) is 49.7 Å². The number of ether oxygens (including phenoxy) is 4. The van der Waals surface area contributed by atoms with Gasteiger partial charge in [0.25, 0.3) is 0 Å². The van der Waals surface area contributed by atoms with Crippen LogP contribution in [-0.4, -0.2) is 119 Å². The Bertz CT molecular complexity index is 2620. The number of aromatic nitrogens is 8. The number of aliphatic hydroxyl groups excluding tert-OH is 2. The quantitative estimate of drug-likeness (QED) is 0.109. The molecule has 4 aromatic heterocycles. The van der Waals surface area contributed by atoms with Crippen LogP contribution in [0.4, 0.5) is 0 Å². The first kappa shape index (κ1) is 48.0. The third-order valence-corrected chi connectivity index (χ3v) is 15.0. The lowest BCUT2D eigenvalue weighted by molar-refractivity contribution is 0.0800. The van der Waals surface area contributed by atoms with E-state index >= 15 is 0 Å². The number of para-hydroxylation sites is 2. The lowest BCUT2D eigenvalue weighted by Crippen LogP contribution is -2.33. The largest absolute Gasteiger partial charge is 0.494 e. The molecule has 18 nitrogen and oxygen atoms in total. The fraction of sp³-hybridized carbons (Fsp3) is 0.435. The molecule has 2 aliphatic rings. The van der Waals surface area contributed by atoms with Gasteiger partial charge in [-0.25, -0.2) is 16.8 Å². The molecule has 6 aromatic rings. The second-order valence-electron chi connectivity index (χ2n) is 16.7.